The SMILES string of the molecule is CC1(N2CCC(NCc3ccsc3)CC2)CCN(C(=O)O)CC1. The molecule has 6 heteroatoms. The number of amides is 1. The minimum Gasteiger partial charge on any atom is -0.465 e. The van der Waals surface area contributed by atoms with Gasteiger partial charge in [0.25, 0.3) is 0 Å². The number of hydrogen-bond donors (Lipinski definition) is 2. The number of nitrogens with one attached hydrogen (secondary N) is 1. The molecule has 2 fully saturated rings. The summed E-state index contributed by atoms with van der Waals surface area (Å²) in [7, 11) is 0. The van der Waals surface area contributed by atoms with Crippen LogP contribution in [-0.2, 0) is 6.54 Å². The van der Waals surface area contributed by atoms with Crippen LogP contribution in [0.25, 0.3) is 0 Å². The van der Waals surface area contributed by atoms with E-state index in [-0.39, 0.29) is 5.54 Å². The fourth-order valence-corrected chi connectivity index (χ4v) is 4.44. The lowest BCUT2D eigenvalue weighted by atomic mass is 9.85. The average molecular weight is 337 g/mol. The normalized spacial score (nSPS) is 23.1. The maximum absolute atomic E-state index is 11.1. The van der Waals surface area contributed by atoms with Gasteiger partial charge < -0.3 is 15.3 Å². The Balaban J connectivity index is 1.44. The molecule has 0 aromatic carbocycles. The topological polar surface area (TPSA) is 55.8 Å². The van der Waals surface area contributed by atoms with Crippen LogP contribution < -0.4 is 5.32 Å². The van der Waals surface area contributed by atoms with Crippen molar-refractivity contribution < 1.29 is 9.90 Å². The zero-order valence-corrected chi connectivity index (χ0v) is 14.6. The standard InChI is InChI=1S/C17H27N3O2S/c1-17(5-9-19(10-6-17)16(21)22)20-7-2-15(3-8-20)18-12-14-4-11-23-13-14/h4,11,13,15,18H,2-3,5-10,12H2,1H3,(H,21,22). The molecule has 2 N–H and O–H groups in total. The summed E-state index contributed by atoms with van der Waals surface area (Å²) in [5.41, 5.74) is 1.55. The Morgan fingerprint density at radius 2 is 2.04 bits per heavy atom. The fourth-order valence-electron chi connectivity index (χ4n) is 3.77. The van der Waals surface area contributed by atoms with E-state index in [4.69, 9.17) is 5.11 Å². The van der Waals surface area contributed by atoms with Crippen molar-refractivity contribution in [2.45, 2.75) is 50.7 Å². The number of rotatable bonds is 4. The molecule has 1 amide bonds. The molecule has 2 aliphatic rings. The second kappa shape index (κ2) is 7.20. The Morgan fingerprint density at radius 3 is 2.61 bits per heavy atom. The van der Waals surface area contributed by atoms with Gasteiger partial charge in [-0.3, -0.25) is 4.90 Å². The van der Waals surface area contributed by atoms with Gasteiger partial charge in [0, 0.05) is 44.3 Å². The number of likely N-dealkylation sites (tertiary alicyclic amines) is 2. The highest BCUT2D eigenvalue weighted by Gasteiger charge is 2.38. The fraction of sp³-hybridized carbons (Fsp3) is 0.706. The molecule has 2 saturated heterocycles. The molecule has 0 aliphatic carbocycles. The molecule has 1 aromatic rings. The van der Waals surface area contributed by atoms with Crippen molar-refractivity contribution in [3.63, 3.8) is 0 Å². The largest absolute Gasteiger partial charge is 0.465 e. The number of carbonyl (C=O) groups is 1. The zero-order chi connectivity index (χ0) is 16.3. The maximum Gasteiger partial charge on any atom is 0.407 e. The van der Waals surface area contributed by atoms with E-state index in [2.05, 4.69) is 34.0 Å². The first-order valence-electron chi connectivity index (χ1n) is 8.54. The molecule has 23 heavy (non-hydrogen) atoms. The molecule has 0 atom stereocenters. The highest BCUT2D eigenvalue weighted by atomic mass is 32.1. The van der Waals surface area contributed by atoms with E-state index in [9.17, 15) is 4.79 Å². The van der Waals surface area contributed by atoms with Crippen molar-refractivity contribution >= 4 is 17.4 Å². The molecule has 0 bridgehead atoms. The van der Waals surface area contributed by atoms with E-state index >= 15 is 0 Å². The molecule has 0 spiro atoms. The van der Waals surface area contributed by atoms with Gasteiger partial charge in [0.1, 0.15) is 0 Å². The van der Waals surface area contributed by atoms with E-state index in [0.717, 1.165) is 32.5 Å². The molecule has 1 aromatic heterocycles. The molecule has 0 saturated carbocycles. The minimum absolute atomic E-state index is 0.171. The van der Waals surface area contributed by atoms with Crippen LogP contribution in [0.2, 0.25) is 0 Å². The predicted octanol–water partition coefficient (Wildman–Crippen LogP) is 2.83. The lowest BCUT2D eigenvalue weighted by molar-refractivity contribution is 0.0178. The zero-order valence-electron chi connectivity index (χ0n) is 13.8. The summed E-state index contributed by atoms with van der Waals surface area (Å²) in [6, 6.07) is 2.79. The van der Waals surface area contributed by atoms with Gasteiger partial charge in [-0.2, -0.15) is 11.3 Å². The van der Waals surface area contributed by atoms with Crippen molar-refractivity contribution in [3.05, 3.63) is 22.4 Å². The van der Waals surface area contributed by atoms with Crippen LogP contribution in [0.4, 0.5) is 4.79 Å². The van der Waals surface area contributed by atoms with Crippen LogP contribution in [0.3, 0.4) is 0 Å². The second-order valence-electron chi connectivity index (χ2n) is 7.04. The van der Waals surface area contributed by atoms with Crippen LogP contribution >= 0.6 is 11.3 Å². The Kier molecular flexibility index (Phi) is 5.24. The van der Waals surface area contributed by atoms with Gasteiger partial charge in [0.15, 0.2) is 0 Å². The molecule has 3 heterocycles. The number of piperidine rings is 2. The third-order valence-corrected chi connectivity index (χ3v) is 6.28. The molecule has 3 rings (SSSR count). The van der Waals surface area contributed by atoms with Crippen LogP contribution in [0.15, 0.2) is 16.8 Å². The third kappa shape index (κ3) is 4.05. The van der Waals surface area contributed by atoms with Gasteiger partial charge in [-0.25, -0.2) is 4.79 Å². The first kappa shape index (κ1) is 16.7. The Morgan fingerprint density at radius 1 is 1.35 bits per heavy atom. The van der Waals surface area contributed by atoms with E-state index in [1.807, 2.05) is 0 Å². The average Bonchev–Trinajstić information content (AvgIpc) is 3.07. The summed E-state index contributed by atoms with van der Waals surface area (Å²) >= 11 is 1.75. The van der Waals surface area contributed by atoms with Crippen LogP contribution in [-0.4, -0.2) is 58.8 Å². The van der Waals surface area contributed by atoms with Gasteiger partial charge in [-0.15, -0.1) is 0 Å². The number of hydrogen-bond acceptors (Lipinski definition) is 4. The van der Waals surface area contributed by atoms with Crippen LogP contribution in [0.1, 0.15) is 38.2 Å². The summed E-state index contributed by atoms with van der Waals surface area (Å²) in [4.78, 5) is 15.2. The second-order valence-corrected chi connectivity index (χ2v) is 7.82. The van der Waals surface area contributed by atoms with E-state index in [1.54, 1.807) is 16.2 Å². The van der Waals surface area contributed by atoms with Crippen LogP contribution in [0, 0.1) is 0 Å². The number of nitrogens with zero attached hydrogens (tertiary/aromatic N) is 2. The van der Waals surface area contributed by atoms with E-state index < -0.39 is 6.09 Å². The molecular weight excluding hydrogens is 310 g/mol. The summed E-state index contributed by atoms with van der Waals surface area (Å²) in [6.07, 6.45) is 3.49. The Labute approximate surface area is 142 Å². The van der Waals surface area contributed by atoms with Crippen molar-refractivity contribution in [1.82, 2.24) is 15.1 Å². The molecule has 128 valence electrons. The lowest BCUT2D eigenvalue weighted by Gasteiger charge is -2.49. The predicted molar refractivity (Wildman–Crippen MR) is 93.0 cm³/mol. The summed E-state index contributed by atoms with van der Waals surface area (Å²) in [5.74, 6) is 0. The summed E-state index contributed by atoms with van der Waals surface area (Å²) < 4.78 is 0. The molecule has 0 unspecified atom stereocenters. The smallest absolute Gasteiger partial charge is 0.407 e. The molecular formula is C17H27N3O2S. The third-order valence-electron chi connectivity index (χ3n) is 5.54. The van der Waals surface area contributed by atoms with Gasteiger partial charge in [0.2, 0.25) is 0 Å². The maximum atomic E-state index is 11.1. The lowest BCUT2D eigenvalue weighted by Crippen LogP contribution is -2.57. The molecule has 5 nitrogen and oxygen atoms in total. The van der Waals surface area contributed by atoms with Gasteiger partial charge in [-0.1, -0.05) is 0 Å². The van der Waals surface area contributed by atoms with Gasteiger partial charge in [0.05, 0.1) is 0 Å². The first-order valence-corrected chi connectivity index (χ1v) is 9.48. The Hall–Kier alpha value is -1.11. The van der Waals surface area contributed by atoms with Gasteiger partial charge >= 0.3 is 6.09 Å². The van der Waals surface area contributed by atoms with Crippen LogP contribution in [0.5, 0.6) is 0 Å². The van der Waals surface area contributed by atoms with E-state index in [0.29, 0.717) is 19.1 Å². The van der Waals surface area contributed by atoms with Crippen molar-refractivity contribution in [2.24, 2.45) is 0 Å². The molecule has 0 radical (unpaired) electrons. The highest BCUT2D eigenvalue weighted by molar-refractivity contribution is 7.07. The van der Waals surface area contributed by atoms with Gasteiger partial charge in [-0.05, 0) is 55.0 Å². The van der Waals surface area contributed by atoms with Crippen molar-refractivity contribution in [1.29, 1.82) is 0 Å². The number of carboxylic acid groups (broad SMARTS) is 1. The summed E-state index contributed by atoms with van der Waals surface area (Å²) in [5, 5.41) is 17.1. The van der Waals surface area contributed by atoms with Crippen molar-refractivity contribution in [2.75, 3.05) is 26.2 Å². The highest BCUT2D eigenvalue weighted by Crippen LogP contribution is 2.31. The van der Waals surface area contributed by atoms with Crippen molar-refractivity contribution in [3.8, 4) is 0 Å². The minimum atomic E-state index is -0.775. The summed E-state index contributed by atoms with van der Waals surface area (Å²) in [6.45, 7) is 6.85. The molecule has 2 aliphatic heterocycles. The first-order chi connectivity index (χ1) is 11.1. The quantitative estimate of drug-likeness (QED) is 0.887. The van der Waals surface area contributed by atoms with E-state index in [1.165, 1.54) is 18.4 Å². The number of thiophene rings is 1. The monoisotopic (exact) mass is 337 g/mol. The Bertz CT molecular complexity index is 504.